The third kappa shape index (κ3) is 2.80. The molecule has 4 atom stereocenters. The molecule has 0 spiro atoms. The Bertz CT molecular complexity index is 725. The molecule has 7 heteroatoms. The second kappa shape index (κ2) is 5.74. The molecule has 0 saturated carbocycles. The maximum atomic E-state index is 12.9. The molecule has 1 N–H and O–H groups in total. The van der Waals surface area contributed by atoms with Gasteiger partial charge in [0.2, 0.25) is 0 Å². The van der Waals surface area contributed by atoms with Crippen molar-refractivity contribution < 1.29 is 23.1 Å². The van der Waals surface area contributed by atoms with Gasteiger partial charge in [0.1, 0.15) is 10.9 Å². The van der Waals surface area contributed by atoms with Gasteiger partial charge in [-0.3, -0.25) is 4.90 Å². The summed E-state index contributed by atoms with van der Waals surface area (Å²) >= 11 is 0. The number of carbonyl (C=O) groups is 1. The van der Waals surface area contributed by atoms with E-state index in [9.17, 15) is 18.3 Å². The van der Waals surface area contributed by atoms with Crippen LogP contribution in [0.4, 0.5) is 4.79 Å². The molecule has 24 heavy (non-hydrogen) atoms. The highest BCUT2D eigenvalue weighted by atomic mass is 32.2. The number of rotatable bonds is 2. The van der Waals surface area contributed by atoms with Crippen molar-refractivity contribution in [3.05, 3.63) is 30.3 Å². The van der Waals surface area contributed by atoms with Crippen molar-refractivity contribution in [1.29, 1.82) is 0 Å². The Balaban J connectivity index is 1.91. The van der Waals surface area contributed by atoms with Gasteiger partial charge in [-0.05, 0) is 45.7 Å². The number of fused-ring (bicyclic) bond motifs is 2. The van der Waals surface area contributed by atoms with Gasteiger partial charge in [0.05, 0.1) is 23.1 Å². The number of aliphatic hydroxyl groups excluding tert-OH is 1. The average Bonchev–Trinajstić information content (AvgIpc) is 3.02. The fourth-order valence-corrected chi connectivity index (χ4v) is 5.79. The van der Waals surface area contributed by atoms with Crippen molar-refractivity contribution >= 4 is 15.9 Å². The molecule has 6 nitrogen and oxygen atoms in total. The van der Waals surface area contributed by atoms with Gasteiger partial charge in [-0.2, -0.15) is 0 Å². The Labute approximate surface area is 142 Å². The molecule has 0 unspecified atom stereocenters. The maximum Gasteiger partial charge on any atom is 0.410 e. The van der Waals surface area contributed by atoms with Gasteiger partial charge < -0.3 is 9.84 Å². The van der Waals surface area contributed by atoms with Crippen LogP contribution >= 0.6 is 0 Å². The van der Waals surface area contributed by atoms with Gasteiger partial charge in [0.15, 0.2) is 9.84 Å². The van der Waals surface area contributed by atoms with Gasteiger partial charge in [0.25, 0.3) is 0 Å². The van der Waals surface area contributed by atoms with E-state index in [1.165, 1.54) is 17.0 Å². The van der Waals surface area contributed by atoms with Crippen LogP contribution < -0.4 is 0 Å². The molecular weight excluding hydrogens is 330 g/mol. The largest absolute Gasteiger partial charge is 0.444 e. The van der Waals surface area contributed by atoms with Crippen molar-refractivity contribution in [2.75, 3.05) is 0 Å². The van der Waals surface area contributed by atoms with E-state index in [1.807, 2.05) is 0 Å². The van der Waals surface area contributed by atoms with E-state index < -0.39 is 45.0 Å². The van der Waals surface area contributed by atoms with Crippen LogP contribution in [0.5, 0.6) is 0 Å². The predicted molar refractivity (Wildman–Crippen MR) is 88.3 cm³/mol. The standard InChI is InChI=1S/C17H23NO5S/c1-17(2,3)23-16(20)18-12-9-10-13(18)15(14(12)19)24(21,22)11-7-5-4-6-8-11/h4-8,12-15,19H,9-10H2,1-3H3/t12-,13+,14-,15+/m0/s1. The number of carbonyl (C=O) groups excluding carboxylic acids is 1. The summed E-state index contributed by atoms with van der Waals surface area (Å²) in [6.45, 7) is 5.28. The third-order valence-corrected chi connectivity index (χ3v) is 6.86. The Hall–Kier alpha value is -1.60. The molecule has 2 bridgehead atoms. The van der Waals surface area contributed by atoms with Crippen molar-refractivity contribution in [3.63, 3.8) is 0 Å². The van der Waals surface area contributed by atoms with Crippen molar-refractivity contribution in [1.82, 2.24) is 4.90 Å². The van der Waals surface area contributed by atoms with E-state index in [0.29, 0.717) is 12.8 Å². The molecule has 2 saturated heterocycles. The highest BCUT2D eigenvalue weighted by molar-refractivity contribution is 7.92. The van der Waals surface area contributed by atoms with Crippen LogP contribution in [0.1, 0.15) is 33.6 Å². The highest BCUT2D eigenvalue weighted by Gasteiger charge is 2.60. The lowest BCUT2D eigenvalue weighted by Gasteiger charge is -2.27. The Morgan fingerprint density at radius 3 is 2.33 bits per heavy atom. The molecule has 1 aromatic rings. The summed E-state index contributed by atoms with van der Waals surface area (Å²) in [6.07, 6.45) is -0.509. The van der Waals surface area contributed by atoms with Crippen molar-refractivity contribution in [3.8, 4) is 0 Å². The second-order valence-electron chi connectivity index (χ2n) is 7.41. The topological polar surface area (TPSA) is 83.9 Å². The summed E-state index contributed by atoms with van der Waals surface area (Å²) < 4.78 is 31.3. The Morgan fingerprint density at radius 2 is 1.75 bits per heavy atom. The third-order valence-electron chi connectivity index (χ3n) is 4.62. The molecule has 0 aliphatic carbocycles. The summed E-state index contributed by atoms with van der Waals surface area (Å²) in [4.78, 5) is 14.1. The van der Waals surface area contributed by atoms with E-state index in [1.54, 1.807) is 39.0 Å². The first-order chi connectivity index (χ1) is 11.1. The smallest absolute Gasteiger partial charge is 0.410 e. The quantitative estimate of drug-likeness (QED) is 0.879. The zero-order valence-corrected chi connectivity index (χ0v) is 14.9. The number of hydrogen-bond acceptors (Lipinski definition) is 5. The van der Waals surface area contributed by atoms with Crippen LogP contribution in [0.15, 0.2) is 35.2 Å². The zero-order chi connectivity index (χ0) is 17.7. The number of ether oxygens (including phenoxy) is 1. The number of benzene rings is 1. The first-order valence-corrected chi connectivity index (χ1v) is 9.66. The van der Waals surface area contributed by atoms with E-state index in [0.717, 1.165) is 0 Å². The van der Waals surface area contributed by atoms with Gasteiger partial charge in [-0.15, -0.1) is 0 Å². The van der Waals surface area contributed by atoms with Crippen molar-refractivity contribution in [2.45, 2.75) is 67.5 Å². The molecule has 3 rings (SSSR count). The minimum atomic E-state index is -3.73. The summed E-state index contributed by atoms with van der Waals surface area (Å²) in [7, 11) is -3.73. The maximum absolute atomic E-state index is 12.9. The minimum absolute atomic E-state index is 0.172. The highest BCUT2D eigenvalue weighted by Crippen LogP contribution is 2.43. The number of aliphatic hydroxyl groups is 1. The molecule has 132 valence electrons. The van der Waals surface area contributed by atoms with Gasteiger partial charge in [0, 0.05) is 0 Å². The lowest BCUT2D eigenvalue weighted by Crippen LogP contribution is -2.43. The monoisotopic (exact) mass is 353 g/mol. The number of amides is 1. The lowest BCUT2D eigenvalue weighted by molar-refractivity contribution is 0.0170. The first-order valence-electron chi connectivity index (χ1n) is 8.11. The molecule has 2 aliphatic heterocycles. The summed E-state index contributed by atoms with van der Waals surface area (Å²) in [5.41, 5.74) is -0.669. The number of sulfone groups is 1. The van der Waals surface area contributed by atoms with Crippen LogP contribution in [0.3, 0.4) is 0 Å². The van der Waals surface area contributed by atoms with Gasteiger partial charge >= 0.3 is 6.09 Å². The van der Waals surface area contributed by atoms with Crippen LogP contribution in [-0.4, -0.2) is 53.6 Å². The molecule has 2 heterocycles. The number of hydrogen-bond donors (Lipinski definition) is 1. The van der Waals surface area contributed by atoms with Crippen LogP contribution in [-0.2, 0) is 14.6 Å². The van der Waals surface area contributed by atoms with E-state index >= 15 is 0 Å². The summed E-state index contributed by atoms with van der Waals surface area (Å²) in [6, 6.07) is 7.02. The molecule has 2 aliphatic rings. The number of nitrogens with zero attached hydrogens (tertiary/aromatic N) is 1. The minimum Gasteiger partial charge on any atom is -0.444 e. The molecule has 0 aromatic heterocycles. The van der Waals surface area contributed by atoms with E-state index in [4.69, 9.17) is 4.74 Å². The lowest BCUT2D eigenvalue weighted by atomic mass is 9.97. The van der Waals surface area contributed by atoms with Gasteiger partial charge in [-0.1, -0.05) is 18.2 Å². The normalized spacial score (nSPS) is 29.8. The second-order valence-corrected chi connectivity index (χ2v) is 9.52. The molecular formula is C17H23NO5S. The molecule has 1 amide bonds. The van der Waals surface area contributed by atoms with E-state index in [-0.39, 0.29) is 4.90 Å². The summed E-state index contributed by atoms with van der Waals surface area (Å²) in [5, 5.41) is 9.56. The van der Waals surface area contributed by atoms with Crippen molar-refractivity contribution in [2.24, 2.45) is 0 Å². The van der Waals surface area contributed by atoms with Crippen LogP contribution in [0.25, 0.3) is 0 Å². The van der Waals surface area contributed by atoms with Crippen LogP contribution in [0, 0.1) is 0 Å². The fourth-order valence-electron chi connectivity index (χ4n) is 3.71. The first kappa shape index (κ1) is 17.2. The van der Waals surface area contributed by atoms with E-state index in [2.05, 4.69) is 0 Å². The Morgan fingerprint density at radius 1 is 1.17 bits per heavy atom. The SMILES string of the molecule is CC(C)(C)OC(=O)N1[C@@H]2CC[C@H]1[C@H](O)[C@@H]2S(=O)(=O)c1ccccc1. The van der Waals surface area contributed by atoms with Gasteiger partial charge in [-0.25, -0.2) is 13.2 Å². The zero-order valence-electron chi connectivity index (χ0n) is 14.0. The predicted octanol–water partition coefficient (Wildman–Crippen LogP) is 1.97. The molecule has 0 radical (unpaired) electrons. The molecule has 1 aromatic carbocycles. The molecule has 2 fully saturated rings. The Kier molecular flexibility index (Phi) is 4.12. The van der Waals surface area contributed by atoms with Crippen LogP contribution in [0.2, 0.25) is 0 Å². The summed E-state index contributed by atoms with van der Waals surface area (Å²) in [5.74, 6) is 0. The average molecular weight is 353 g/mol. The fraction of sp³-hybridized carbons (Fsp3) is 0.588.